The number of hydrogen-bond donors (Lipinski definition) is 1. The van der Waals surface area contributed by atoms with Crippen molar-refractivity contribution < 1.29 is 13.2 Å². The molecule has 1 N–H and O–H groups in total. The van der Waals surface area contributed by atoms with Crippen LogP contribution in [0.4, 0.5) is 13.2 Å². The van der Waals surface area contributed by atoms with E-state index in [9.17, 15) is 13.2 Å². The summed E-state index contributed by atoms with van der Waals surface area (Å²) in [5.74, 6) is 0. The molecule has 0 radical (unpaired) electrons. The number of rotatable bonds is 4. The van der Waals surface area contributed by atoms with E-state index in [2.05, 4.69) is 42.2 Å². The number of nitrogens with zero attached hydrogens (tertiary/aromatic N) is 1. The van der Waals surface area contributed by atoms with Crippen LogP contribution in [0.25, 0.3) is 0 Å². The predicted molar refractivity (Wildman–Crippen MR) is 84.5 cm³/mol. The Bertz CT molecular complexity index is 628. The summed E-state index contributed by atoms with van der Waals surface area (Å²) in [6, 6.07) is 2.25. The van der Waals surface area contributed by atoms with Gasteiger partial charge < -0.3 is 5.32 Å². The van der Waals surface area contributed by atoms with Gasteiger partial charge in [0.2, 0.25) is 0 Å². The zero-order valence-electron chi connectivity index (χ0n) is 10.8. The molecular formula is C13H11Br2F3N2S. The van der Waals surface area contributed by atoms with Crippen molar-refractivity contribution in [1.82, 2.24) is 10.3 Å². The second kappa shape index (κ2) is 6.76. The molecule has 0 saturated carbocycles. The molecule has 2 heterocycles. The largest absolute Gasteiger partial charge is 0.416 e. The SMILES string of the molecule is CCNC(c1cnccc1C(F)(F)F)c1cc(Br)sc1Br. The molecule has 0 bridgehead atoms. The molecule has 0 aliphatic heterocycles. The van der Waals surface area contributed by atoms with Gasteiger partial charge in [-0.2, -0.15) is 13.2 Å². The number of aromatic nitrogens is 1. The summed E-state index contributed by atoms with van der Waals surface area (Å²) in [6.45, 7) is 2.39. The van der Waals surface area contributed by atoms with Gasteiger partial charge in [0, 0.05) is 18.0 Å². The lowest BCUT2D eigenvalue weighted by molar-refractivity contribution is -0.138. The predicted octanol–water partition coefficient (Wildman–Crippen LogP) is 5.39. The Morgan fingerprint density at radius 3 is 2.57 bits per heavy atom. The maximum Gasteiger partial charge on any atom is 0.416 e. The van der Waals surface area contributed by atoms with Gasteiger partial charge in [0.15, 0.2) is 0 Å². The van der Waals surface area contributed by atoms with E-state index >= 15 is 0 Å². The van der Waals surface area contributed by atoms with Gasteiger partial charge in [-0.25, -0.2) is 0 Å². The van der Waals surface area contributed by atoms with Crippen LogP contribution < -0.4 is 5.32 Å². The molecule has 0 aromatic carbocycles. The Morgan fingerprint density at radius 2 is 2.05 bits per heavy atom. The Hall–Kier alpha value is -0.440. The molecule has 0 amide bonds. The number of nitrogens with one attached hydrogen (secondary N) is 1. The molecule has 0 saturated heterocycles. The molecular weight excluding hydrogens is 433 g/mol. The van der Waals surface area contributed by atoms with Crippen LogP contribution in [0, 0.1) is 0 Å². The molecule has 2 rings (SSSR count). The van der Waals surface area contributed by atoms with E-state index in [1.54, 1.807) is 0 Å². The highest BCUT2D eigenvalue weighted by atomic mass is 79.9. The molecule has 2 nitrogen and oxygen atoms in total. The van der Waals surface area contributed by atoms with E-state index in [4.69, 9.17) is 0 Å². The Balaban J connectivity index is 2.56. The first-order valence-electron chi connectivity index (χ1n) is 6.03. The van der Waals surface area contributed by atoms with Gasteiger partial charge in [0.1, 0.15) is 0 Å². The first-order valence-corrected chi connectivity index (χ1v) is 8.44. The van der Waals surface area contributed by atoms with Gasteiger partial charge in [0.25, 0.3) is 0 Å². The van der Waals surface area contributed by atoms with Gasteiger partial charge in [-0.05, 0) is 56.1 Å². The summed E-state index contributed by atoms with van der Waals surface area (Å²) in [6.07, 6.45) is -1.98. The highest BCUT2D eigenvalue weighted by Gasteiger charge is 2.36. The Labute approximate surface area is 141 Å². The topological polar surface area (TPSA) is 24.9 Å². The molecule has 2 aromatic heterocycles. The van der Waals surface area contributed by atoms with E-state index in [0.717, 1.165) is 25.4 Å². The molecule has 0 fully saturated rings. The maximum absolute atomic E-state index is 13.2. The maximum atomic E-state index is 13.2. The fraction of sp³-hybridized carbons (Fsp3) is 0.308. The average Bonchev–Trinajstić information content (AvgIpc) is 2.74. The van der Waals surface area contributed by atoms with Crippen molar-refractivity contribution in [3.05, 3.63) is 48.8 Å². The van der Waals surface area contributed by atoms with Crippen LogP contribution in [0.1, 0.15) is 29.7 Å². The molecule has 0 aliphatic carbocycles. The number of alkyl halides is 3. The van der Waals surface area contributed by atoms with Crippen LogP contribution in [0.2, 0.25) is 0 Å². The van der Waals surface area contributed by atoms with Gasteiger partial charge in [-0.3, -0.25) is 4.98 Å². The second-order valence-corrected chi connectivity index (χ2v) is 7.98. The number of halogens is 5. The highest BCUT2D eigenvalue weighted by molar-refractivity contribution is 9.12. The lowest BCUT2D eigenvalue weighted by Gasteiger charge is -2.22. The van der Waals surface area contributed by atoms with E-state index in [-0.39, 0.29) is 5.56 Å². The van der Waals surface area contributed by atoms with Crippen molar-refractivity contribution in [2.75, 3.05) is 6.54 Å². The van der Waals surface area contributed by atoms with E-state index in [1.807, 2.05) is 13.0 Å². The number of pyridine rings is 1. The molecule has 8 heteroatoms. The smallest absolute Gasteiger partial charge is 0.306 e. The van der Waals surface area contributed by atoms with Gasteiger partial charge in [-0.1, -0.05) is 6.92 Å². The molecule has 0 spiro atoms. The van der Waals surface area contributed by atoms with Crippen LogP contribution in [-0.2, 0) is 6.18 Å². The minimum atomic E-state index is -4.41. The summed E-state index contributed by atoms with van der Waals surface area (Å²) < 4.78 is 41.2. The van der Waals surface area contributed by atoms with E-state index in [1.165, 1.54) is 17.5 Å². The van der Waals surface area contributed by atoms with Crippen LogP contribution >= 0.6 is 43.2 Å². The third kappa shape index (κ3) is 3.85. The number of hydrogen-bond acceptors (Lipinski definition) is 3. The first kappa shape index (κ1) is 16.9. The molecule has 1 unspecified atom stereocenters. The summed E-state index contributed by atoms with van der Waals surface area (Å²) in [5.41, 5.74) is 0.211. The van der Waals surface area contributed by atoms with Crippen molar-refractivity contribution in [3.63, 3.8) is 0 Å². The standard InChI is InChI=1S/C13H11Br2F3N2S/c1-2-20-11(7-5-10(14)21-12(7)15)8-6-19-4-3-9(8)13(16,17)18/h3-6,11,20H,2H2,1H3. The zero-order chi connectivity index (χ0) is 15.6. The quantitative estimate of drug-likeness (QED) is 0.685. The summed E-state index contributed by atoms with van der Waals surface area (Å²) in [7, 11) is 0. The van der Waals surface area contributed by atoms with Crippen LogP contribution in [-0.4, -0.2) is 11.5 Å². The fourth-order valence-corrected chi connectivity index (χ4v) is 4.94. The molecule has 21 heavy (non-hydrogen) atoms. The zero-order valence-corrected chi connectivity index (χ0v) is 14.8. The Morgan fingerprint density at radius 1 is 1.33 bits per heavy atom. The van der Waals surface area contributed by atoms with Crippen LogP contribution in [0.5, 0.6) is 0 Å². The van der Waals surface area contributed by atoms with Crippen LogP contribution in [0.15, 0.2) is 32.1 Å². The normalized spacial score (nSPS) is 13.4. The molecule has 114 valence electrons. The molecule has 2 aromatic rings. The van der Waals surface area contributed by atoms with Gasteiger partial charge >= 0.3 is 6.18 Å². The van der Waals surface area contributed by atoms with Crippen molar-refractivity contribution >= 4 is 43.2 Å². The third-order valence-electron chi connectivity index (χ3n) is 2.87. The van der Waals surface area contributed by atoms with E-state index < -0.39 is 17.8 Å². The van der Waals surface area contributed by atoms with Gasteiger partial charge in [-0.15, -0.1) is 11.3 Å². The van der Waals surface area contributed by atoms with Crippen LogP contribution in [0.3, 0.4) is 0 Å². The van der Waals surface area contributed by atoms with Crippen molar-refractivity contribution in [3.8, 4) is 0 Å². The fourth-order valence-electron chi connectivity index (χ4n) is 2.04. The summed E-state index contributed by atoms with van der Waals surface area (Å²) >= 11 is 8.19. The van der Waals surface area contributed by atoms with Crippen molar-refractivity contribution in [1.29, 1.82) is 0 Å². The third-order valence-corrected chi connectivity index (χ3v) is 5.26. The van der Waals surface area contributed by atoms with Crippen molar-refractivity contribution in [2.24, 2.45) is 0 Å². The Kier molecular flexibility index (Phi) is 5.45. The average molecular weight is 444 g/mol. The minimum absolute atomic E-state index is 0.123. The number of thiophene rings is 1. The van der Waals surface area contributed by atoms with Crippen molar-refractivity contribution in [2.45, 2.75) is 19.1 Å². The highest BCUT2D eigenvalue weighted by Crippen LogP contribution is 2.41. The lowest BCUT2D eigenvalue weighted by Crippen LogP contribution is -2.25. The lowest BCUT2D eigenvalue weighted by atomic mass is 9.98. The molecule has 1 atom stereocenters. The first-order chi connectivity index (χ1) is 9.84. The molecule has 0 aliphatic rings. The van der Waals surface area contributed by atoms with Gasteiger partial charge in [0.05, 0.1) is 19.2 Å². The summed E-state index contributed by atoms with van der Waals surface area (Å²) in [5, 5.41) is 3.10. The second-order valence-electron chi connectivity index (χ2n) is 4.23. The minimum Gasteiger partial charge on any atom is -0.306 e. The summed E-state index contributed by atoms with van der Waals surface area (Å²) in [4.78, 5) is 3.86. The monoisotopic (exact) mass is 442 g/mol. The van der Waals surface area contributed by atoms with E-state index in [0.29, 0.717) is 6.54 Å².